The molecule has 9 heteroatoms. The summed E-state index contributed by atoms with van der Waals surface area (Å²) in [5.74, 6) is -0.101. The minimum Gasteiger partial charge on any atom is -0.319 e. The molecule has 0 spiro atoms. The lowest BCUT2D eigenvalue weighted by molar-refractivity contribution is -0.384. The van der Waals surface area contributed by atoms with Gasteiger partial charge in [0.15, 0.2) is 5.82 Å². The quantitative estimate of drug-likeness (QED) is 0.294. The van der Waals surface area contributed by atoms with Gasteiger partial charge in [0.05, 0.1) is 10.6 Å². The number of non-ortho nitro benzene ring substituents is 1. The standard InChI is InChI=1S/C23H18BrN5O3/c1-14-6-11-20(15(2)12-14)28-22(16-7-9-17(24)10-8-16)26-21(27-28)23(30)25-18-4-3-5-19(13-18)29(31)32/h3-13H,1-2H3,(H,25,30). The van der Waals surface area contributed by atoms with Crippen molar-refractivity contribution in [3.8, 4) is 17.1 Å². The van der Waals surface area contributed by atoms with E-state index in [1.807, 2.05) is 56.3 Å². The summed E-state index contributed by atoms with van der Waals surface area (Å²) in [7, 11) is 0. The molecule has 0 atom stereocenters. The highest BCUT2D eigenvalue weighted by Crippen LogP contribution is 2.26. The van der Waals surface area contributed by atoms with Crippen molar-refractivity contribution in [3.63, 3.8) is 0 Å². The van der Waals surface area contributed by atoms with Crippen molar-refractivity contribution in [2.24, 2.45) is 0 Å². The van der Waals surface area contributed by atoms with Gasteiger partial charge in [0.2, 0.25) is 5.82 Å². The Morgan fingerprint density at radius 1 is 1.06 bits per heavy atom. The lowest BCUT2D eigenvalue weighted by atomic mass is 10.1. The third-order valence-electron chi connectivity index (χ3n) is 4.81. The lowest BCUT2D eigenvalue weighted by Gasteiger charge is -2.10. The van der Waals surface area contributed by atoms with E-state index in [-0.39, 0.29) is 17.2 Å². The number of anilines is 1. The molecule has 0 saturated heterocycles. The predicted octanol–water partition coefficient (Wildman–Crippen LogP) is 5.47. The summed E-state index contributed by atoms with van der Waals surface area (Å²) in [6.07, 6.45) is 0. The molecule has 1 N–H and O–H groups in total. The van der Waals surface area contributed by atoms with Gasteiger partial charge in [-0.2, -0.15) is 0 Å². The molecule has 0 aliphatic carbocycles. The van der Waals surface area contributed by atoms with Gasteiger partial charge in [-0.3, -0.25) is 14.9 Å². The molecule has 0 bridgehead atoms. The van der Waals surface area contributed by atoms with E-state index in [2.05, 4.69) is 31.3 Å². The summed E-state index contributed by atoms with van der Waals surface area (Å²) < 4.78 is 2.56. The van der Waals surface area contributed by atoms with Crippen LogP contribution < -0.4 is 5.32 Å². The van der Waals surface area contributed by atoms with E-state index in [0.717, 1.165) is 26.9 Å². The second-order valence-corrected chi connectivity index (χ2v) is 8.14. The van der Waals surface area contributed by atoms with Gasteiger partial charge in [0, 0.05) is 27.9 Å². The largest absolute Gasteiger partial charge is 0.319 e. The average molecular weight is 492 g/mol. The number of benzene rings is 3. The van der Waals surface area contributed by atoms with Crippen LogP contribution in [0.25, 0.3) is 17.1 Å². The van der Waals surface area contributed by atoms with E-state index < -0.39 is 10.8 Å². The van der Waals surface area contributed by atoms with Crippen molar-refractivity contribution in [2.45, 2.75) is 13.8 Å². The van der Waals surface area contributed by atoms with Gasteiger partial charge in [-0.25, -0.2) is 9.67 Å². The number of rotatable bonds is 5. The Hall–Kier alpha value is -3.85. The SMILES string of the molecule is Cc1ccc(-n2nc(C(=O)Nc3cccc([N+](=O)[O-])c3)nc2-c2ccc(Br)cc2)c(C)c1. The Bertz CT molecular complexity index is 1330. The summed E-state index contributed by atoms with van der Waals surface area (Å²) in [4.78, 5) is 27.9. The first-order chi connectivity index (χ1) is 15.3. The third kappa shape index (κ3) is 4.42. The first kappa shape index (κ1) is 21.4. The molecule has 0 radical (unpaired) electrons. The molecule has 0 unspecified atom stereocenters. The molecule has 3 aromatic carbocycles. The van der Waals surface area contributed by atoms with Crippen molar-refractivity contribution >= 4 is 33.2 Å². The van der Waals surface area contributed by atoms with Crippen LogP contribution >= 0.6 is 15.9 Å². The number of amides is 1. The number of carbonyl (C=O) groups is 1. The minimum atomic E-state index is -0.563. The summed E-state index contributed by atoms with van der Waals surface area (Å²) in [5, 5.41) is 18.1. The molecule has 0 aliphatic rings. The van der Waals surface area contributed by atoms with Gasteiger partial charge in [-0.15, -0.1) is 5.10 Å². The van der Waals surface area contributed by atoms with Crippen LogP contribution in [0.15, 0.2) is 71.2 Å². The molecule has 1 aromatic heterocycles. The highest BCUT2D eigenvalue weighted by molar-refractivity contribution is 9.10. The number of nitro groups is 1. The average Bonchev–Trinajstić information content (AvgIpc) is 3.20. The Morgan fingerprint density at radius 3 is 2.50 bits per heavy atom. The van der Waals surface area contributed by atoms with Crippen molar-refractivity contribution in [2.75, 3.05) is 5.32 Å². The normalized spacial score (nSPS) is 10.7. The Labute approximate surface area is 192 Å². The molecule has 0 saturated carbocycles. The molecule has 0 fully saturated rings. The highest BCUT2D eigenvalue weighted by Gasteiger charge is 2.20. The van der Waals surface area contributed by atoms with Crippen molar-refractivity contribution in [1.29, 1.82) is 0 Å². The molecular weight excluding hydrogens is 474 g/mol. The summed E-state index contributed by atoms with van der Waals surface area (Å²) in [6.45, 7) is 3.98. The zero-order valence-electron chi connectivity index (χ0n) is 17.2. The van der Waals surface area contributed by atoms with Crippen LogP contribution in [0.5, 0.6) is 0 Å². The van der Waals surface area contributed by atoms with Gasteiger partial charge >= 0.3 is 0 Å². The zero-order valence-corrected chi connectivity index (χ0v) is 18.8. The number of aryl methyl sites for hydroxylation is 2. The number of nitrogens with zero attached hydrogens (tertiary/aromatic N) is 4. The number of halogens is 1. The minimum absolute atomic E-state index is 0.0469. The fourth-order valence-electron chi connectivity index (χ4n) is 3.29. The number of aromatic nitrogens is 3. The summed E-state index contributed by atoms with van der Waals surface area (Å²) >= 11 is 3.43. The maximum absolute atomic E-state index is 12.9. The molecule has 4 aromatic rings. The number of hydrogen-bond donors (Lipinski definition) is 1. The monoisotopic (exact) mass is 491 g/mol. The molecule has 1 amide bonds. The number of nitrogens with one attached hydrogen (secondary N) is 1. The fourth-order valence-corrected chi connectivity index (χ4v) is 3.55. The molecule has 8 nitrogen and oxygen atoms in total. The van der Waals surface area contributed by atoms with Crippen LogP contribution in [-0.2, 0) is 0 Å². The van der Waals surface area contributed by atoms with Gasteiger partial charge in [-0.05, 0) is 43.7 Å². The molecule has 160 valence electrons. The number of hydrogen-bond acceptors (Lipinski definition) is 5. The third-order valence-corrected chi connectivity index (χ3v) is 5.34. The van der Waals surface area contributed by atoms with E-state index in [0.29, 0.717) is 5.82 Å². The molecular formula is C23H18BrN5O3. The van der Waals surface area contributed by atoms with Crippen LogP contribution in [-0.4, -0.2) is 25.6 Å². The Morgan fingerprint density at radius 2 is 1.81 bits per heavy atom. The maximum Gasteiger partial charge on any atom is 0.295 e. The van der Waals surface area contributed by atoms with Gasteiger partial charge in [0.25, 0.3) is 11.6 Å². The first-order valence-electron chi connectivity index (χ1n) is 9.68. The Kier molecular flexibility index (Phi) is 5.83. The fraction of sp³-hybridized carbons (Fsp3) is 0.0870. The van der Waals surface area contributed by atoms with Gasteiger partial charge < -0.3 is 5.32 Å². The van der Waals surface area contributed by atoms with E-state index in [4.69, 9.17) is 0 Å². The Balaban J connectivity index is 1.76. The molecule has 32 heavy (non-hydrogen) atoms. The lowest BCUT2D eigenvalue weighted by Crippen LogP contribution is -2.14. The molecule has 0 aliphatic heterocycles. The van der Waals surface area contributed by atoms with Crippen LogP contribution in [0.4, 0.5) is 11.4 Å². The highest BCUT2D eigenvalue weighted by atomic mass is 79.9. The topological polar surface area (TPSA) is 103 Å². The van der Waals surface area contributed by atoms with Crippen LogP contribution in [0.3, 0.4) is 0 Å². The smallest absolute Gasteiger partial charge is 0.295 e. The first-order valence-corrected chi connectivity index (χ1v) is 10.5. The van der Waals surface area contributed by atoms with Crippen LogP contribution in [0.2, 0.25) is 0 Å². The van der Waals surface area contributed by atoms with E-state index in [9.17, 15) is 14.9 Å². The summed E-state index contributed by atoms with van der Waals surface area (Å²) in [6, 6.07) is 19.2. The second-order valence-electron chi connectivity index (χ2n) is 7.23. The van der Waals surface area contributed by atoms with Gasteiger partial charge in [0.1, 0.15) is 0 Å². The van der Waals surface area contributed by atoms with Crippen LogP contribution in [0, 0.1) is 24.0 Å². The van der Waals surface area contributed by atoms with Crippen LogP contribution in [0.1, 0.15) is 21.7 Å². The number of carbonyl (C=O) groups excluding carboxylic acids is 1. The van der Waals surface area contributed by atoms with Crippen molar-refractivity contribution < 1.29 is 9.72 Å². The predicted molar refractivity (Wildman–Crippen MR) is 125 cm³/mol. The summed E-state index contributed by atoms with van der Waals surface area (Å²) in [5.41, 5.74) is 3.86. The molecule has 4 rings (SSSR count). The van der Waals surface area contributed by atoms with E-state index in [1.54, 1.807) is 10.7 Å². The second kappa shape index (κ2) is 8.72. The molecule has 1 heterocycles. The zero-order chi connectivity index (χ0) is 22.8. The number of nitro benzene ring substituents is 1. The van der Waals surface area contributed by atoms with E-state index >= 15 is 0 Å². The van der Waals surface area contributed by atoms with Crippen molar-refractivity contribution in [1.82, 2.24) is 14.8 Å². The van der Waals surface area contributed by atoms with Crippen molar-refractivity contribution in [3.05, 3.63) is 98.3 Å². The van der Waals surface area contributed by atoms with E-state index in [1.165, 1.54) is 18.2 Å². The maximum atomic E-state index is 12.9. The van der Waals surface area contributed by atoms with Gasteiger partial charge in [-0.1, -0.05) is 51.8 Å².